The molecule has 0 fully saturated rings. The molecule has 2 rings (SSSR count). The number of hydrazone groups is 1. The van der Waals surface area contributed by atoms with Crippen LogP contribution >= 0.6 is 15.9 Å². The summed E-state index contributed by atoms with van der Waals surface area (Å²) in [6.45, 7) is 2.34. The van der Waals surface area contributed by atoms with Crippen LogP contribution in [0.15, 0.2) is 50.9 Å². The van der Waals surface area contributed by atoms with E-state index in [2.05, 4.69) is 25.9 Å². The lowest BCUT2D eigenvalue weighted by Crippen LogP contribution is -2.18. The van der Waals surface area contributed by atoms with Crippen molar-refractivity contribution in [2.45, 2.75) is 11.8 Å². The molecular weight excluding hydrogens is 412 g/mol. The highest BCUT2D eigenvalue weighted by atomic mass is 79.9. The second-order valence-corrected chi connectivity index (χ2v) is 7.23. The summed E-state index contributed by atoms with van der Waals surface area (Å²) in [5.74, 6) is 0.780. The van der Waals surface area contributed by atoms with Crippen LogP contribution < -0.4 is 14.3 Å². The third-order valence-electron chi connectivity index (χ3n) is 3.15. The van der Waals surface area contributed by atoms with Gasteiger partial charge in [0.25, 0.3) is 10.0 Å². The maximum Gasteiger partial charge on any atom is 0.276 e. The Balaban J connectivity index is 2.14. The third-order valence-corrected chi connectivity index (χ3v) is 5.22. The Kier molecular flexibility index (Phi) is 6.27. The van der Waals surface area contributed by atoms with Crippen LogP contribution in [0.5, 0.6) is 17.2 Å². The van der Waals surface area contributed by atoms with Gasteiger partial charge in [-0.15, -0.1) is 0 Å². The summed E-state index contributed by atoms with van der Waals surface area (Å²) in [7, 11) is -2.37. The zero-order valence-electron chi connectivity index (χ0n) is 13.6. The van der Waals surface area contributed by atoms with Gasteiger partial charge in [-0.3, -0.25) is 0 Å². The first-order valence-corrected chi connectivity index (χ1v) is 9.50. The van der Waals surface area contributed by atoms with Crippen molar-refractivity contribution in [1.29, 1.82) is 0 Å². The summed E-state index contributed by atoms with van der Waals surface area (Å²) < 4.78 is 35.0. The van der Waals surface area contributed by atoms with Gasteiger partial charge in [-0.25, -0.2) is 4.83 Å². The standard InChI is InChI=1S/C16H17BrN2O5S/c1-3-24-12-5-7-13(8-6-12)25(21,22)19-18-10-11-4-9-14(23-2)16(20)15(11)17/h4-10,19-20H,3H2,1-2H3/b18-10+. The minimum atomic E-state index is -3.80. The summed E-state index contributed by atoms with van der Waals surface area (Å²) >= 11 is 3.21. The van der Waals surface area contributed by atoms with Crippen molar-refractivity contribution < 1.29 is 23.0 Å². The Morgan fingerprint density at radius 3 is 2.52 bits per heavy atom. The van der Waals surface area contributed by atoms with Gasteiger partial charge in [0.1, 0.15) is 5.75 Å². The summed E-state index contributed by atoms with van der Waals surface area (Å²) in [6.07, 6.45) is 1.27. The van der Waals surface area contributed by atoms with Crippen LogP contribution in [0.3, 0.4) is 0 Å². The molecule has 9 heteroatoms. The Hall–Kier alpha value is -2.26. The number of nitrogens with one attached hydrogen (secondary N) is 1. The Morgan fingerprint density at radius 1 is 1.24 bits per heavy atom. The first-order valence-electron chi connectivity index (χ1n) is 7.22. The number of rotatable bonds is 7. The molecule has 0 aromatic heterocycles. The van der Waals surface area contributed by atoms with Crippen LogP contribution in [-0.2, 0) is 10.0 Å². The first kappa shape index (κ1) is 19.1. The van der Waals surface area contributed by atoms with Crippen molar-refractivity contribution in [3.05, 3.63) is 46.4 Å². The number of phenols is 1. The molecule has 0 heterocycles. The molecule has 2 aromatic rings. The van der Waals surface area contributed by atoms with E-state index in [-0.39, 0.29) is 10.6 Å². The summed E-state index contributed by atoms with van der Waals surface area (Å²) in [5, 5.41) is 13.6. The first-order chi connectivity index (χ1) is 11.9. The van der Waals surface area contributed by atoms with Gasteiger partial charge < -0.3 is 14.6 Å². The number of hydrogen-bond donors (Lipinski definition) is 2. The quantitative estimate of drug-likeness (QED) is 0.521. The van der Waals surface area contributed by atoms with Gasteiger partial charge in [-0.1, -0.05) is 0 Å². The Morgan fingerprint density at radius 2 is 1.92 bits per heavy atom. The van der Waals surface area contributed by atoms with Gasteiger partial charge in [-0.2, -0.15) is 13.5 Å². The summed E-state index contributed by atoms with van der Waals surface area (Å²) in [4.78, 5) is 2.18. The molecule has 134 valence electrons. The van der Waals surface area contributed by atoms with E-state index < -0.39 is 10.0 Å². The minimum Gasteiger partial charge on any atom is -0.503 e. The Labute approximate surface area is 154 Å². The average Bonchev–Trinajstić information content (AvgIpc) is 2.59. The summed E-state index contributed by atoms with van der Waals surface area (Å²) in [6, 6.07) is 9.16. The predicted molar refractivity (Wildman–Crippen MR) is 97.9 cm³/mol. The molecule has 0 aliphatic rings. The lowest BCUT2D eigenvalue weighted by Gasteiger charge is -2.07. The zero-order valence-corrected chi connectivity index (χ0v) is 16.0. The van der Waals surface area contributed by atoms with Gasteiger partial charge >= 0.3 is 0 Å². The lowest BCUT2D eigenvalue weighted by atomic mass is 10.2. The van der Waals surface area contributed by atoms with E-state index in [1.807, 2.05) is 6.92 Å². The van der Waals surface area contributed by atoms with Gasteiger partial charge in [0.05, 0.1) is 29.3 Å². The number of benzene rings is 2. The SMILES string of the molecule is CCOc1ccc(S(=O)(=O)N/N=C/c2ccc(OC)c(O)c2Br)cc1. The van der Waals surface area contributed by atoms with Crippen molar-refractivity contribution >= 4 is 32.2 Å². The van der Waals surface area contributed by atoms with E-state index in [1.54, 1.807) is 24.3 Å². The average molecular weight is 429 g/mol. The number of aromatic hydroxyl groups is 1. The molecule has 7 nitrogen and oxygen atoms in total. The van der Waals surface area contributed by atoms with Crippen LogP contribution in [0.2, 0.25) is 0 Å². The summed E-state index contributed by atoms with van der Waals surface area (Å²) in [5.41, 5.74) is 0.479. The smallest absolute Gasteiger partial charge is 0.276 e. The van der Waals surface area contributed by atoms with Gasteiger partial charge in [0.2, 0.25) is 0 Å². The number of halogens is 1. The molecule has 0 saturated carbocycles. The monoisotopic (exact) mass is 428 g/mol. The van der Waals surface area contributed by atoms with Crippen molar-refractivity contribution in [2.75, 3.05) is 13.7 Å². The van der Waals surface area contributed by atoms with E-state index in [9.17, 15) is 13.5 Å². The largest absolute Gasteiger partial charge is 0.503 e. The van der Waals surface area contributed by atoms with E-state index in [0.29, 0.717) is 28.1 Å². The molecular formula is C16H17BrN2O5S. The molecule has 2 N–H and O–H groups in total. The fraction of sp³-hybridized carbons (Fsp3) is 0.188. The molecule has 0 aliphatic heterocycles. The Bertz CT molecular complexity index is 867. The molecule has 0 bridgehead atoms. The van der Waals surface area contributed by atoms with E-state index in [4.69, 9.17) is 9.47 Å². The number of ether oxygens (including phenoxy) is 2. The third kappa shape index (κ3) is 4.64. The molecule has 25 heavy (non-hydrogen) atoms. The van der Waals surface area contributed by atoms with Gasteiger partial charge in [0, 0.05) is 5.56 Å². The second-order valence-electron chi connectivity index (χ2n) is 4.78. The molecule has 0 unspecified atom stereocenters. The zero-order chi connectivity index (χ0) is 18.4. The molecule has 0 amide bonds. The number of methoxy groups -OCH3 is 1. The molecule has 0 radical (unpaired) electrons. The maximum absolute atomic E-state index is 12.2. The van der Waals surface area contributed by atoms with Crippen LogP contribution in [-0.4, -0.2) is 33.5 Å². The minimum absolute atomic E-state index is 0.0600. The molecule has 0 atom stereocenters. The highest BCUT2D eigenvalue weighted by molar-refractivity contribution is 9.10. The van der Waals surface area contributed by atoms with Gasteiger partial charge in [0.15, 0.2) is 11.5 Å². The molecule has 0 spiro atoms. The predicted octanol–water partition coefficient (Wildman–Crippen LogP) is 2.87. The number of phenolic OH excluding ortho intramolecular Hbond substituents is 1. The lowest BCUT2D eigenvalue weighted by molar-refractivity contribution is 0.340. The van der Waals surface area contributed by atoms with E-state index in [1.165, 1.54) is 25.5 Å². The van der Waals surface area contributed by atoms with Crippen LogP contribution in [0, 0.1) is 0 Å². The van der Waals surface area contributed by atoms with Gasteiger partial charge in [-0.05, 0) is 59.3 Å². The molecule has 0 aliphatic carbocycles. The van der Waals surface area contributed by atoms with Crippen molar-refractivity contribution in [3.8, 4) is 17.2 Å². The van der Waals surface area contributed by atoms with Crippen molar-refractivity contribution in [2.24, 2.45) is 5.10 Å². The van der Waals surface area contributed by atoms with Crippen LogP contribution in [0.25, 0.3) is 0 Å². The van der Waals surface area contributed by atoms with E-state index in [0.717, 1.165) is 0 Å². The van der Waals surface area contributed by atoms with Crippen molar-refractivity contribution in [3.63, 3.8) is 0 Å². The fourth-order valence-electron chi connectivity index (χ4n) is 1.93. The van der Waals surface area contributed by atoms with Crippen molar-refractivity contribution in [1.82, 2.24) is 4.83 Å². The second kappa shape index (κ2) is 8.21. The highest BCUT2D eigenvalue weighted by Crippen LogP contribution is 2.35. The number of nitrogens with zero attached hydrogens (tertiary/aromatic N) is 1. The van der Waals surface area contributed by atoms with Crippen LogP contribution in [0.1, 0.15) is 12.5 Å². The van der Waals surface area contributed by atoms with Crippen LogP contribution in [0.4, 0.5) is 0 Å². The fourth-order valence-corrected chi connectivity index (χ4v) is 3.15. The molecule has 0 saturated heterocycles. The number of sulfonamides is 1. The van der Waals surface area contributed by atoms with E-state index >= 15 is 0 Å². The number of hydrogen-bond acceptors (Lipinski definition) is 6. The highest BCUT2D eigenvalue weighted by Gasteiger charge is 2.13. The topological polar surface area (TPSA) is 97.2 Å². The normalized spacial score (nSPS) is 11.5. The molecule has 2 aromatic carbocycles. The maximum atomic E-state index is 12.2.